The number of aryl methyl sites for hydroxylation is 1. The lowest BCUT2D eigenvalue weighted by Crippen LogP contribution is -2.23. The van der Waals surface area contributed by atoms with Crippen LogP contribution in [0, 0.1) is 29.4 Å². The summed E-state index contributed by atoms with van der Waals surface area (Å²) in [6, 6.07) is 3.51. The molecule has 0 aromatic heterocycles. The molecule has 0 saturated heterocycles. The monoisotopic (exact) mass is 358 g/mol. The third kappa shape index (κ3) is 4.27. The molecule has 3 rings (SSSR count). The molecule has 0 radical (unpaired) electrons. The number of hydrogen-bond donors (Lipinski definition) is 0. The molecule has 1 saturated carbocycles. The zero-order chi connectivity index (χ0) is 18.5. The van der Waals surface area contributed by atoms with Gasteiger partial charge < -0.3 is 0 Å². The molecule has 26 heavy (non-hydrogen) atoms. The van der Waals surface area contributed by atoms with Gasteiger partial charge in [0.1, 0.15) is 0 Å². The van der Waals surface area contributed by atoms with Gasteiger partial charge in [-0.1, -0.05) is 44.1 Å². The lowest BCUT2D eigenvalue weighted by atomic mass is 9.70. The molecule has 1 unspecified atom stereocenters. The Morgan fingerprint density at radius 1 is 1.04 bits per heavy atom. The standard InChI is InChI=1S/C24H32F2/c1-3-5-6-17-7-9-19(10-8-17)20-11-13-21(14-12-20)22-16-15-18(4-2)23(25)24(22)26/h3,13,15-17,19-20H,1,4-12,14H2,2H3. The highest BCUT2D eigenvalue weighted by molar-refractivity contribution is 5.67. The van der Waals surface area contributed by atoms with Crippen LogP contribution in [-0.4, -0.2) is 0 Å². The molecule has 1 atom stereocenters. The molecule has 0 nitrogen and oxygen atoms in total. The minimum Gasteiger partial charge on any atom is -0.203 e. The second-order valence-electron chi connectivity index (χ2n) is 8.16. The summed E-state index contributed by atoms with van der Waals surface area (Å²) in [4.78, 5) is 0. The molecule has 0 spiro atoms. The maximum Gasteiger partial charge on any atom is 0.166 e. The summed E-state index contributed by atoms with van der Waals surface area (Å²) in [5.74, 6) is 1.11. The highest BCUT2D eigenvalue weighted by atomic mass is 19.2. The van der Waals surface area contributed by atoms with Crippen molar-refractivity contribution >= 4 is 5.57 Å². The van der Waals surface area contributed by atoms with Crippen LogP contribution in [0.25, 0.3) is 5.57 Å². The van der Waals surface area contributed by atoms with Crippen LogP contribution in [0.2, 0.25) is 0 Å². The molecule has 2 aliphatic rings. The van der Waals surface area contributed by atoms with Gasteiger partial charge in [0.05, 0.1) is 0 Å². The Morgan fingerprint density at radius 2 is 1.81 bits per heavy atom. The van der Waals surface area contributed by atoms with Crippen molar-refractivity contribution in [2.45, 2.75) is 71.1 Å². The van der Waals surface area contributed by atoms with Gasteiger partial charge in [0.2, 0.25) is 0 Å². The van der Waals surface area contributed by atoms with Crippen LogP contribution in [0.4, 0.5) is 8.78 Å². The first-order chi connectivity index (χ1) is 12.6. The van der Waals surface area contributed by atoms with E-state index in [4.69, 9.17) is 0 Å². The van der Waals surface area contributed by atoms with E-state index in [9.17, 15) is 8.78 Å². The van der Waals surface area contributed by atoms with Gasteiger partial charge in [-0.15, -0.1) is 6.58 Å². The van der Waals surface area contributed by atoms with Gasteiger partial charge in [0.15, 0.2) is 11.6 Å². The van der Waals surface area contributed by atoms with E-state index in [1.165, 1.54) is 32.1 Å². The van der Waals surface area contributed by atoms with Crippen molar-refractivity contribution in [2.75, 3.05) is 0 Å². The topological polar surface area (TPSA) is 0 Å². The lowest BCUT2D eigenvalue weighted by Gasteiger charge is -2.35. The Morgan fingerprint density at radius 3 is 2.42 bits per heavy atom. The first kappa shape index (κ1) is 19.3. The van der Waals surface area contributed by atoms with E-state index in [1.54, 1.807) is 12.1 Å². The van der Waals surface area contributed by atoms with E-state index in [1.807, 2.05) is 13.0 Å². The largest absolute Gasteiger partial charge is 0.203 e. The maximum atomic E-state index is 14.4. The van der Waals surface area contributed by atoms with E-state index in [-0.39, 0.29) is 0 Å². The normalized spacial score (nSPS) is 26.4. The molecular weight excluding hydrogens is 326 g/mol. The van der Waals surface area contributed by atoms with Crippen molar-refractivity contribution in [2.24, 2.45) is 17.8 Å². The Balaban J connectivity index is 1.59. The highest BCUT2D eigenvalue weighted by Crippen LogP contribution is 2.42. The van der Waals surface area contributed by atoms with Crippen molar-refractivity contribution in [3.8, 4) is 0 Å². The average Bonchev–Trinajstić information content (AvgIpc) is 2.69. The molecule has 0 bridgehead atoms. The third-order valence-electron chi connectivity index (χ3n) is 6.68. The van der Waals surface area contributed by atoms with Gasteiger partial charge in [0.25, 0.3) is 0 Å². The molecule has 142 valence electrons. The van der Waals surface area contributed by atoms with Crippen LogP contribution in [-0.2, 0) is 6.42 Å². The zero-order valence-corrected chi connectivity index (χ0v) is 16.1. The van der Waals surface area contributed by atoms with Crippen molar-refractivity contribution < 1.29 is 8.78 Å². The number of benzene rings is 1. The number of allylic oxidation sites excluding steroid dienone is 3. The number of halogens is 2. The summed E-state index contributed by atoms with van der Waals surface area (Å²) < 4.78 is 28.5. The Labute approximate surface area is 157 Å². The molecule has 0 amide bonds. The van der Waals surface area contributed by atoms with Crippen molar-refractivity contribution in [1.29, 1.82) is 0 Å². The number of hydrogen-bond acceptors (Lipinski definition) is 0. The Bertz CT molecular complexity index is 650. The maximum absolute atomic E-state index is 14.4. The smallest absolute Gasteiger partial charge is 0.166 e. The molecule has 0 N–H and O–H groups in total. The van der Waals surface area contributed by atoms with E-state index in [0.717, 1.165) is 49.0 Å². The second kappa shape index (κ2) is 8.97. The summed E-state index contributed by atoms with van der Waals surface area (Å²) in [5.41, 5.74) is 1.94. The minimum absolute atomic E-state index is 0.466. The fraction of sp³-hybridized carbons (Fsp3) is 0.583. The summed E-state index contributed by atoms with van der Waals surface area (Å²) in [6.07, 6.45) is 15.6. The van der Waals surface area contributed by atoms with Gasteiger partial charge in [-0.05, 0) is 80.3 Å². The van der Waals surface area contributed by atoms with Gasteiger partial charge in [0, 0.05) is 5.56 Å². The predicted octanol–water partition coefficient (Wildman–Crippen LogP) is 7.48. The summed E-state index contributed by atoms with van der Waals surface area (Å²) in [6.45, 7) is 5.69. The van der Waals surface area contributed by atoms with Crippen LogP contribution in [0.5, 0.6) is 0 Å². The first-order valence-corrected chi connectivity index (χ1v) is 10.4. The predicted molar refractivity (Wildman–Crippen MR) is 106 cm³/mol. The first-order valence-electron chi connectivity index (χ1n) is 10.4. The van der Waals surface area contributed by atoms with E-state index in [0.29, 0.717) is 17.5 Å². The van der Waals surface area contributed by atoms with E-state index < -0.39 is 11.6 Å². The van der Waals surface area contributed by atoms with Crippen LogP contribution >= 0.6 is 0 Å². The number of rotatable bonds is 6. The van der Waals surface area contributed by atoms with Crippen LogP contribution in [0.15, 0.2) is 30.9 Å². The van der Waals surface area contributed by atoms with Crippen LogP contribution in [0.3, 0.4) is 0 Å². The fourth-order valence-corrected chi connectivity index (χ4v) is 4.94. The third-order valence-corrected chi connectivity index (χ3v) is 6.68. The van der Waals surface area contributed by atoms with Gasteiger partial charge in [-0.2, -0.15) is 0 Å². The minimum atomic E-state index is -0.661. The SMILES string of the molecule is C=CCCC1CCC(C2CC=C(c3ccc(CC)c(F)c3F)CC2)CC1. The van der Waals surface area contributed by atoms with Crippen LogP contribution < -0.4 is 0 Å². The van der Waals surface area contributed by atoms with Crippen molar-refractivity contribution in [3.63, 3.8) is 0 Å². The molecule has 2 aliphatic carbocycles. The molecular formula is C24H32F2. The zero-order valence-electron chi connectivity index (χ0n) is 16.1. The summed E-state index contributed by atoms with van der Waals surface area (Å²) in [5, 5.41) is 0. The molecule has 1 aromatic rings. The molecule has 0 aliphatic heterocycles. The van der Waals surface area contributed by atoms with E-state index >= 15 is 0 Å². The van der Waals surface area contributed by atoms with Crippen molar-refractivity contribution in [3.05, 3.63) is 53.6 Å². The Kier molecular flexibility index (Phi) is 6.67. The summed E-state index contributed by atoms with van der Waals surface area (Å²) in [7, 11) is 0. The molecule has 1 fully saturated rings. The van der Waals surface area contributed by atoms with Crippen LogP contribution in [0.1, 0.15) is 75.8 Å². The molecule has 1 aromatic carbocycles. The molecule has 2 heteroatoms. The average molecular weight is 359 g/mol. The van der Waals surface area contributed by atoms with Crippen molar-refractivity contribution in [1.82, 2.24) is 0 Å². The Hall–Kier alpha value is -1.44. The van der Waals surface area contributed by atoms with Gasteiger partial charge in [-0.25, -0.2) is 8.78 Å². The van der Waals surface area contributed by atoms with Gasteiger partial charge >= 0.3 is 0 Å². The quantitative estimate of drug-likeness (QED) is 0.462. The van der Waals surface area contributed by atoms with Gasteiger partial charge in [-0.3, -0.25) is 0 Å². The molecule has 0 heterocycles. The summed E-state index contributed by atoms with van der Waals surface area (Å²) >= 11 is 0. The van der Waals surface area contributed by atoms with E-state index in [2.05, 4.69) is 12.7 Å². The fourth-order valence-electron chi connectivity index (χ4n) is 4.94. The lowest BCUT2D eigenvalue weighted by molar-refractivity contribution is 0.190. The highest BCUT2D eigenvalue weighted by Gasteiger charge is 2.29. The second-order valence-corrected chi connectivity index (χ2v) is 8.16.